The lowest BCUT2D eigenvalue weighted by molar-refractivity contribution is 0.101. The number of ketones is 1. The fourth-order valence-electron chi connectivity index (χ4n) is 4.58. The van der Waals surface area contributed by atoms with E-state index in [-0.39, 0.29) is 5.78 Å². The third-order valence-corrected chi connectivity index (χ3v) is 6.54. The number of rotatable bonds is 6. The van der Waals surface area contributed by atoms with Crippen LogP contribution in [-0.2, 0) is 0 Å². The zero-order valence-corrected chi connectivity index (χ0v) is 19.1. The summed E-state index contributed by atoms with van der Waals surface area (Å²) < 4.78 is 6.17. The highest BCUT2D eigenvalue weighted by molar-refractivity contribution is 5.98. The fourth-order valence-corrected chi connectivity index (χ4v) is 4.58. The van der Waals surface area contributed by atoms with Gasteiger partial charge >= 0.3 is 0 Å². The second-order valence-electron chi connectivity index (χ2n) is 9.05. The zero-order chi connectivity index (χ0) is 23.1. The lowest BCUT2D eigenvalue weighted by Crippen LogP contribution is -2.57. The molecule has 2 fully saturated rings. The maximum Gasteiger partial charge on any atom is 0.229 e. The number of ether oxygens (including phenoxy) is 1. The van der Waals surface area contributed by atoms with Gasteiger partial charge in [0.05, 0.1) is 29.2 Å². The summed E-state index contributed by atoms with van der Waals surface area (Å²) >= 11 is 0. The van der Waals surface area contributed by atoms with Crippen LogP contribution in [0.15, 0.2) is 48.9 Å². The minimum Gasteiger partial charge on any atom is -0.489 e. The van der Waals surface area contributed by atoms with Crippen LogP contribution in [-0.4, -0.2) is 59.1 Å². The summed E-state index contributed by atoms with van der Waals surface area (Å²) in [7, 11) is 0. The van der Waals surface area contributed by atoms with Gasteiger partial charge in [0.25, 0.3) is 0 Å². The highest BCUT2D eigenvalue weighted by Crippen LogP contribution is 2.38. The van der Waals surface area contributed by atoms with Gasteiger partial charge in [0.15, 0.2) is 5.78 Å². The Morgan fingerprint density at radius 3 is 2.88 bits per heavy atom. The molecule has 0 bridgehead atoms. The number of nitrogens with one attached hydrogen (secondary N) is 2. The molecule has 1 saturated carbocycles. The molecule has 2 N–H and O–H groups in total. The molecule has 0 spiro atoms. The Morgan fingerprint density at radius 2 is 2.09 bits per heavy atom. The van der Waals surface area contributed by atoms with Gasteiger partial charge in [-0.1, -0.05) is 0 Å². The first-order chi connectivity index (χ1) is 16.6. The Morgan fingerprint density at radius 1 is 1.18 bits per heavy atom. The van der Waals surface area contributed by atoms with Gasteiger partial charge in [-0.3, -0.25) is 9.78 Å². The predicted molar refractivity (Wildman–Crippen MR) is 131 cm³/mol. The molecule has 6 rings (SSSR count). The van der Waals surface area contributed by atoms with E-state index in [0.717, 1.165) is 55.3 Å². The number of benzene rings is 1. The van der Waals surface area contributed by atoms with Gasteiger partial charge in [-0.25, -0.2) is 4.98 Å². The number of anilines is 5. The van der Waals surface area contributed by atoms with E-state index in [1.807, 2.05) is 24.4 Å². The van der Waals surface area contributed by atoms with Crippen LogP contribution in [0.5, 0.6) is 5.75 Å². The van der Waals surface area contributed by atoms with Crippen molar-refractivity contribution >= 4 is 34.6 Å². The van der Waals surface area contributed by atoms with Crippen molar-refractivity contribution in [2.24, 2.45) is 0 Å². The molecule has 0 radical (unpaired) electrons. The lowest BCUT2D eigenvalue weighted by atomic mass is 10.1. The molecule has 3 aromatic rings. The summed E-state index contributed by atoms with van der Waals surface area (Å²) in [5, 5.41) is 6.60. The largest absolute Gasteiger partial charge is 0.489 e. The number of pyridine rings is 1. The molecule has 2 aromatic heterocycles. The first-order valence-electron chi connectivity index (χ1n) is 11.7. The predicted octanol–water partition coefficient (Wildman–Crippen LogP) is 3.48. The molecular weight excluding hydrogens is 430 g/mol. The standard InChI is InChI=1S/C25H27N7O2/c1-16(33)21-13-27-25(30-24(21)28-17-4-5-17)29-18-6-7-22-23(11-18)34-15-20-14-31(9-10-32(20)22)19-3-2-8-26-12-19/h2-3,6-8,11-13,17,20H,4-5,9-10,14-15H2,1H3,(H2,27,28,29,30). The normalized spacial score (nSPS) is 19.0. The van der Waals surface area contributed by atoms with Crippen molar-refractivity contribution in [2.45, 2.75) is 31.8 Å². The molecule has 9 heteroatoms. The van der Waals surface area contributed by atoms with Crippen molar-refractivity contribution in [3.05, 3.63) is 54.5 Å². The summed E-state index contributed by atoms with van der Waals surface area (Å²) in [5.41, 5.74) is 3.62. The summed E-state index contributed by atoms with van der Waals surface area (Å²) in [6, 6.07) is 10.9. The molecule has 34 heavy (non-hydrogen) atoms. The molecule has 1 aromatic carbocycles. The molecule has 3 aliphatic rings. The zero-order valence-electron chi connectivity index (χ0n) is 19.1. The average molecular weight is 458 g/mol. The second kappa shape index (κ2) is 8.48. The molecule has 9 nitrogen and oxygen atoms in total. The molecule has 0 amide bonds. The van der Waals surface area contributed by atoms with E-state index in [2.05, 4.69) is 47.5 Å². The molecule has 1 unspecified atom stereocenters. The summed E-state index contributed by atoms with van der Waals surface area (Å²) in [4.78, 5) is 29.9. The molecule has 1 atom stereocenters. The van der Waals surface area contributed by atoms with E-state index in [9.17, 15) is 4.79 Å². The monoisotopic (exact) mass is 457 g/mol. The number of carbonyl (C=O) groups excluding carboxylic acids is 1. The molecular formula is C25H27N7O2. The number of fused-ring (bicyclic) bond motifs is 3. The van der Waals surface area contributed by atoms with Crippen LogP contribution in [0.4, 0.5) is 28.8 Å². The van der Waals surface area contributed by atoms with Crippen LogP contribution in [0.1, 0.15) is 30.1 Å². The van der Waals surface area contributed by atoms with Gasteiger partial charge in [0, 0.05) is 49.8 Å². The number of Topliss-reactive ketones (excluding diaryl/α,β-unsaturated/α-hetero) is 1. The van der Waals surface area contributed by atoms with E-state index in [1.165, 1.54) is 6.92 Å². The van der Waals surface area contributed by atoms with E-state index < -0.39 is 0 Å². The van der Waals surface area contributed by atoms with Crippen LogP contribution >= 0.6 is 0 Å². The van der Waals surface area contributed by atoms with Crippen LogP contribution in [0.3, 0.4) is 0 Å². The highest BCUT2D eigenvalue weighted by atomic mass is 16.5. The fraction of sp³-hybridized carbons (Fsp3) is 0.360. The molecule has 1 aliphatic carbocycles. The van der Waals surface area contributed by atoms with Crippen molar-refractivity contribution in [3.63, 3.8) is 0 Å². The van der Waals surface area contributed by atoms with E-state index in [1.54, 1.807) is 12.4 Å². The molecule has 1 saturated heterocycles. The van der Waals surface area contributed by atoms with E-state index in [4.69, 9.17) is 4.74 Å². The number of aromatic nitrogens is 3. The first kappa shape index (κ1) is 20.7. The van der Waals surface area contributed by atoms with Gasteiger partial charge in [0.2, 0.25) is 5.95 Å². The second-order valence-corrected chi connectivity index (χ2v) is 9.05. The number of hydrogen-bond acceptors (Lipinski definition) is 9. The Hall–Kier alpha value is -3.88. The van der Waals surface area contributed by atoms with Crippen molar-refractivity contribution < 1.29 is 9.53 Å². The maximum absolute atomic E-state index is 11.9. The van der Waals surface area contributed by atoms with Gasteiger partial charge in [-0.15, -0.1) is 0 Å². The van der Waals surface area contributed by atoms with Crippen LogP contribution < -0.4 is 25.2 Å². The molecule has 4 heterocycles. The smallest absolute Gasteiger partial charge is 0.229 e. The van der Waals surface area contributed by atoms with E-state index in [0.29, 0.717) is 36.0 Å². The minimum absolute atomic E-state index is 0.0462. The lowest BCUT2D eigenvalue weighted by Gasteiger charge is -2.46. The summed E-state index contributed by atoms with van der Waals surface area (Å²) in [6.07, 6.45) is 7.51. The van der Waals surface area contributed by atoms with Crippen LogP contribution in [0, 0.1) is 0 Å². The van der Waals surface area contributed by atoms with Crippen molar-refractivity contribution in [2.75, 3.05) is 46.7 Å². The van der Waals surface area contributed by atoms with Gasteiger partial charge in [-0.05, 0) is 44.0 Å². The maximum atomic E-state index is 11.9. The van der Waals surface area contributed by atoms with Crippen LogP contribution in [0.2, 0.25) is 0 Å². The molecule has 174 valence electrons. The third kappa shape index (κ3) is 4.09. The molecule has 2 aliphatic heterocycles. The Kier molecular flexibility index (Phi) is 5.16. The van der Waals surface area contributed by atoms with Crippen molar-refractivity contribution in [1.82, 2.24) is 15.0 Å². The highest BCUT2D eigenvalue weighted by Gasteiger charge is 2.33. The van der Waals surface area contributed by atoms with Crippen molar-refractivity contribution in [3.8, 4) is 5.75 Å². The number of hydrogen-bond donors (Lipinski definition) is 2. The summed E-state index contributed by atoms with van der Waals surface area (Å²) in [5.74, 6) is 1.85. The van der Waals surface area contributed by atoms with Gasteiger partial charge < -0.3 is 25.2 Å². The topological polar surface area (TPSA) is 95.5 Å². The van der Waals surface area contributed by atoms with Crippen LogP contribution in [0.25, 0.3) is 0 Å². The third-order valence-electron chi connectivity index (χ3n) is 6.54. The number of carbonyl (C=O) groups is 1. The van der Waals surface area contributed by atoms with Gasteiger partial charge in [-0.2, -0.15) is 4.98 Å². The average Bonchev–Trinajstić information content (AvgIpc) is 3.68. The van der Waals surface area contributed by atoms with Gasteiger partial charge in [0.1, 0.15) is 18.2 Å². The quantitative estimate of drug-likeness (QED) is 0.539. The van der Waals surface area contributed by atoms with Crippen molar-refractivity contribution in [1.29, 1.82) is 0 Å². The number of piperazine rings is 1. The minimum atomic E-state index is -0.0462. The summed E-state index contributed by atoms with van der Waals surface area (Å²) in [6.45, 7) is 4.93. The SMILES string of the molecule is CC(=O)c1cnc(Nc2ccc3c(c2)OCC2CN(c4cccnc4)CCN32)nc1NC1CC1. The first-order valence-corrected chi connectivity index (χ1v) is 11.7. The Bertz CT molecular complexity index is 1220. The van der Waals surface area contributed by atoms with E-state index >= 15 is 0 Å². The number of nitrogens with zero attached hydrogens (tertiary/aromatic N) is 5. The Labute approximate surface area is 198 Å². The Balaban J connectivity index is 1.18.